The van der Waals surface area contributed by atoms with Crippen molar-refractivity contribution in [2.24, 2.45) is 5.92 Å². The van der Waals surface area contributed by atoms with Gasteiger partial charge < -0.3 is 10.4 Å². The van der Waals surface area contributed by atoms with E-state index in [9.17, 15) is 4.79 Å². The van der Waals surface area contributed by atoms with Crippen LogP contribution in [0.25, 0.3) is 0 Å². The van der Waals surface area contributed by atoms with E-state index < -0.39 is 11.9 Å². The predicted octanol–water partition coefficient (Wildman–Crippen LogP) is 0.946. The highest BCUT2D eigenvalue weighted by Gasteiger charge is 2.34. The Morgan fingerprint density at radius 3 is 2.88 bits per heavy atom. The molecule has 0 amide bonds. The van der Waals surface area contributed by atoms with Crippen molar-refractivity contribution in [3.63, 3.8) is 0 Å². The van der Waals surface area contributed by atoms with Gasteiger partial charge in [-0.05, 0) is 11.6 Å². The zero-order chi connectivity index (χ0) is 11.5. The van der Waals surface area contributed by atoms with Gasteiger partial charge in [0.2, 0.25) is 0 Å². The molecule has 2 N–H and O–H groups in total. The van der Waals surface area contributed by atoms with Gasteiger partial charge in [-0.25, -0.2) is 0 Å². The molecule has 82 valence electrons. The Morgan fingerprint density at radius 1 is 1.44 bits per heavy atom. The molecule has 1 aliphatic rings. The summed E-state index contributed by atoms with van der Waals surface area (Å²) in [6, 6.07) is 9.31. The summed E-state index contributed by atoms with van der Waals surface area (Å²) in [4.78, 5) is 11.1. The van der Waals surface area contributed by atoms with E-state index in [1.807, 2.05) is 12.1 Å². The Kier molecular flexibility index (Phi) is 2.88. The Balaban J connectivity index is 2.37. The molecule has 0 unspecified atom stereocenters. The summed E-state index contributed by atoms with van der Waals surface area (Å²) < 4.78 is 0. The second-order valence-corrected chi connectivity index (χ2v) is 3.91. The van der Waals surface area contributed by atoms with Crippen LogP contribution < -0.4 is 5.32 Å². The van der Waals surface area contributed by atoms with Crippen LogP contribution in [0.2, 0.25) is 0 Å². The molecule has 1 aliphatic heterocycles. The molecule has 0 spiro atoms. The van der Waals surface area contributed by atoms with Crippen molar-refractivity contribution < 1.29 is 9.90 Å². The molecule has 2 atom stereocenters. The van der Waals surface area contributed by atoms with Gasteiger partial charge in [0, 0.05) is 19.0 Å². The number of nitriles is 1. The van der Waals surface area contributed by atoms with E-state index in [2.05, 4.69) is 11.4 Å². The number of benzene rings is 1. The average molecular weight is 216 g/mol. The van der Waals surface area contributed by atoms with Gasteiger partial charge in [-0.3, -0.25) is 4.79 Å². The normalized spacial score (nSPS) is 23.9. The highest BCUT2D eigenvalue weighted by molar-refractivity contribution is 5.72. The van der Waals surface area contributed by atoms with Crippen LogP contribution in [0, 0.1) is 17.2 Å². The lowest BCUT2D eigenvalue weighted by Crippen LogP contribution is -2.21. The minimum Gasteiger partial charge on any atom is -0.481 e. The van der Waals surface area contributed by atoms with E-state index in [0.29, 0.717) is 18.7 Å². The van der Waals surface area contributed by atoms with Crippen LogP contribution in [0.4, 0.5) is 0 Å². The zero-order valence-corrected chi connectivity index (χ0v) is 8.68. The van der Waals surface area contributed by atoms with Gasteiger partial charge in [-0.15, -0.1) is 0 Å². The summed E-state index contributed by atoms with van der Waals surface area (Å²) in [5.74, 6) is -1.34. The van der Waals surface area contributed by atoms with E-state index in [1.54, 1.807) is 12.1 Å². The molecule has 16 heavy (non-hydrogen) atoms. The van der Waals surface area contributed by atoms with Gasteiger partial charge in [-0.1, -0.05) is 18.2 Å². The minimum atomic E-state index is -0.803. The van der Waals surface area contributed by atoms with Crippen molar-refractivity contribution >= 4 is 5.97 Å². The maximum Gasteiger partial charge on any atom is 0.308 e. The number of carbonyl (C=O) groups is 1. The first-order valence-corrected chi connectivity index (χ1v) is 5.16. The van der Waals surface area contributed by atoms with Crippen molar-refractivity contribution in [1.82, 2.24) is 5.32 Å². The van der Waals surface area contributed by atoms with Crippen LogP contribution in [0.15, 0.2) is 24.3 Å². The Hall–Kier alpha value is -1.86. The predicted molar refractivity (Wildman–Crippen MR) is 57.9 cm³/mol. The van der Waals surface area contributed by atoms with E-state index in [0.717, 1.165) is 5.56 Å². The van der Waals surface area contributed by atoms with Gasteiger partial charge in [0.15, 0.2) is 0 Å². The molecule has 0 saturated carbocycles. The maximum absolute atomic E-state index is 11.1. The molecule has 0 aromatic heterocycles. The smallest absolute Gasteiger partial charge is 0.308 e. The summed E-state index contributed by atoms with van der Waals surface area (Å²) in [5, 5.41) is 21.1. The SMILES string of the molecule is N#Cc1ccccc1[C@@H]1CNC[C@H]1C(=O)O. The van der Waals surface area contributed by atoms with Crippen LogP contribution in [0.5, 0.6) is 0 Å². The van der Waals surface area contributed by atoms with Crippen molar-refractivity contribution in [2.75, 3.05) is 13.1 Å². The molecule has 0 radical (unpaired) electrons. The number of aliphatic carboxylic acids is 1. The summed E-state index contributed by atoms with van der Waals surface area (Å²) in [6.45, 7) is 1.09. The fourth-order valence-electron chi connectivity index (χ4n) is 2.19. The molecule has 1 fully saturated rings. The largest absolute Gasteiger partial charge is 0.481 e. The first-order valence-electron chi connectivity index (χ1n) is 5.16. The van der Waals surface area contributed by atoms with Crippen molar-refractivity contribution in [2.45, 2.75) is 5.92 Å². The highest BCUT2D eigenvalue weighted by Crippen LogP contribution is 2.30. The lowest BCUT2D eigenvalue weighted by atomic mass is 9.86. The number of carboxylic acid groups (broad SMARTS) is 1. The number of hydrogen-bond acceptors (Lipinski definition) is 3. The third-order valence-electron chi connectivity index (χ3n) is 3.01. The fourth-order valence-corrected chi connectivity index (χ4v) is 2.19. The third kappa shape index (κ3) is 1.77. The van der Waals surface area contributed by atoms with Crippen molar-refractivity contribution in [3.8, 4) is 6.07 Å². The van der Waals surface area contributed by atoms with Crippen molar-refractivity contribution in [3.05, 3.63) is 35.4 Å². The molecule has 2 rings (SSSR count). The minimum absolute atomic E-state index is 0.103. The van der Waals surface area contributed by atoms with E-state index in [4.69, 9.17) is 10.4 Å². The van der Waals surface area contributed by atoms with Crippen LogP contribution in [0.3, 0.4) is 0 Å². The second kappa shape index (κ2) is 4.33. The van der Waals surface area contributed by atoms with Crippen LogP contribution in [0.1, 0.15) is 17.0 Å². The second-order valence-electron chi connectivity index (χ2n) is 3.91. The summed E-state index contributed by atoms with van der Waals surface area (Å²) in [5.41, 5.74) is 1.41. The molecule has 1 aromatic rings. The molecule has 4 heteroatoms. The van der Waals surface area contributed by atoms with Gasteiger partial charge in [-0.2, -0.15) is 5.26 Å². The molecule has 0 aliphatic carbocycles. The average Bonchev–Trinajstić information content (AvgIpc) is 2.77. The van der Waals surface area contributed by atoms with E-state index in [1.165, 1.54) is 0 Å². The number of carboxylic acids is 1. The van der Waals surface area contributed by atoms with Crippen molar-refractivity contribution in [1.29, 1.82) is 5.26 Å². The zero-order valence-electron chi connectivity index (χ0n) is 8.68. The number of hydrogen-bond donors (Lipinski definition) is 2. The first kappa shape index (κ1) is 10.7. The first-order chi connectivity index (χ1) is 7.74. The quantitative estimate of drug-likeness (QED) is 0.771. The van der Waals surface area contributed by atoms with Gasteiger partial charge >= 0.3 is 5.97 Å². The third-order valence-corrected chi connectivity index (χ3v) is 3.01. The number of rotatable bonds is 2. The van der Waals surface area contributed by atoms with Crippen LogP contribution in [-0.2, 0) is 4.79 Å². The van der Waals surface area contributed by atoms with Gasteiger partial charge in [0.05, 0.1) is 17.6 Å². The summed E-state index contributed by atoms with van der Waals surface area (Å²) >= 11 is 0. The summed E-state index contributed by atoms with van der Waals surface area (Å²) in [7, 11) is 0. The molecular formula is C12H12N2O2. The molecule has 1 saturated heterocycles. The van der Waals surface area contributed by atoms with Crippen LogP contribution >= 0.6 is 0 Å². The highest BCUT2D eigenvalue weighted by atomic mass is 16.4. The van der Waals surface area contributed by atoms with E-state index >= 15 is 0 Å². The standard InChI is InChI=1S/C12H12N2O2/c13-5-8-3-1-2-4-9(8)10-6-14-7-11(10)12(15)16/h1-4,10-11,14H,6-7H2,(H,15,16)/t10-,11+/m0/s1. The Labute approximate surface area is 93.5 Å². The fraction of sp³-hybridized carbons (Fsp3) is 0.333. The maximum atomic E-state index is 11.1. The Bertz CT molecular complexity index is 451. The molecule has 1 aromatic carbocycles. The Morgan fingerprint density at radius 2 is 2.19 bits per heavy atom. The lowest BCUT2D eigenvalue weighted by Gasteiger charge is -2.15. The number of nitrogens with zero attached hydrogens (tertiary/aromatic N) is 1. The van der Waals surface area contributed by atoms with E-state index in [-0.39, 0.29) is 5.92 Å². The molecule has 0 bridgehead atoms. The monoisotopic (exact) mass is 216 g/mol. The molecule has 1 heterocycles. The topological polar surface area (TPSA) is 73.1 Å². The molecule has 4 nitrogen and oxygen atoms in total. The number of nitrogens with one attached hydrogen (secondary N) is 1. The van der Waals surface area contributed by atoms with Gasteiger partial charge in [0.25, 0.3) is 0 Å². The summed E-state index contributed by atoms with van der Waals surface area (Å²) in [6.07, 6.45) is 0. The lowest BCUT2D eigenvalue weighted by molar-refractivity contribution is -0.141. The van der Waals surface area contributed by atoms with Crippen LogP contribution in [-0.4, -0.2) is 24.2 Å². The van der Waals surface area contributed by atoms with Gasteiger partial charge in [0.1, 0.15) is 0 Å². The molecular weight excluding hydrogens is 204 g/mol.